The molecule has 0 unspecified atom stereocenters. The van der Waals surface area contributed by atoms with Gasteiger partial charge in [0.15, 0.2) is 0 Å². The average molecular weight is 383 g/mol. The van der Waals surface area contributed by atoms with E-state index < -0.39 is 0 Å². The molecule has 0 atom stereocenters. The third kappa shape index (κ3) is 5.08. The van der Waals surface area contributed by atoms with E-state index in [1.807, 2.05) is 0 Å². The number of nitrogens with zero attached hydrogens (tertiary/aromatic N) is 3. The molecule has 2 aromatic carbocycles. The molecule has 3 rings (SSSR count). The first kappa shape index (κ1) is 18.9. The van der Waals surface area contributed by atoms with Crippen LogP contribution >= 0.6 is 11.8 Å². The third-order valence-electron chi connectivity index (χ3n) is 4.22. The Morgan fingerprint density at radius 1 is 1.19 bits per heavy atom. The van der Waals surface area contributed by atoms with Crippen molar-refractivity contribution < 1.29 is 14.0 Å². The van der Waals surface area contributed by atoms with Gasteiger partial charge in [0.25, 0.3) is 0 Å². The molecule has 2 aromatic rings. The molecule has 1 aliphatic rings. The Kier molecular flexibility index (Phi) is 6.09. The van der Waals surface area contributed by atoms with Crippen LogP contribution in [0.1, 0.15) is 16.7 Å². The van der Waals surface area contributed by atoms with Crippen LogP contribution in [0.3, 0.4) is 0 Å². The normalized spacial score (nSPS) is 13.5. The van der Waals surface area contributed by atoms with Crippen LogP contribution in [0.25, 0.3) is 0 Å². The summed E-state index contributed by atoms with van der Waals surface area (Å²) in [7, 11) is 0. The van der Waals surface area contributed by atoms with Crippen molar-refractivity contribution in [3.8, 4) is 6.07 Å². The van der Waals surface area contributed by atoms with Crippen LogP contribution in [0, 0.1) is 17.1 Å². The Bertz CT molecular complexity index is 880. The fourth-order valence-corrected chi connectivity index (χ4v) is 3.70. The molecule has 0 aliphatic carbocycles. The SMILES string of the molecule is N#Cc1ccc(CN(Cc2cccc(F)c2)C(=O)CN2CSCC2=O)cc1. The van der Waals surface area contributed by atoms with E-state index >= 15 is 0 Å². The molecule has 1 heterocycles. The van der Waals surface area contributed by atoms with Gasteiger partial charge in [-0.3, -0.25) is 9.59 Å². The number of halogens is 1. The molecule has 27 heavy (non-hydrogen) atoms. The lowest BCUT2D eigenvalue weighted by molar-refractivity contribution is -0.138. The van der Waals surface area contributed by atoms with Gasteiger partial charge in [-0.1, -0.05) is 24.3 Å². The van der Waals surface area contributed by atoms with Crippen LogP contribution < -0.4 is 0 Å². The molecule has 1 saturated heterocycles. The van der Waals surface area contributed by atoms with Crippen molar-refractivity contribution in [2.75, 3.05) is 18.2 Å². The Balaban J connectivity index is 1.77. The van der Waals surface area contributed by atoms with Crippen LogP contribution in [-0.2, 0) is 22.7 Å². The molecule has 7 heteroatoms. The largest absolute Gasteiger partial charge is 0.333 e. The van der Waals surface area contributed by atoms with E-state index in [2.05, 4.69) is 6.07 Å². The van der Waals surface area contributed by atoms with E-state index in [-0.39, 0.29) is 30.7 Å². The van der Waals surface area contributed by atoms with Gasteiger partial charge in [-0.05, 0) is 35.4 Å². The van der Waals surface area contributed by atoms with Gasteiger partial charge < -0.3 is 9.80 Å². The Morgan fingerprint density at radius 3 is 2.56 bits per heavy atom. The molecule has 0 spiro atoms. The smallest absolute Gasteiger partial charge is 0.242 e. The average Bonchev–Trinajstić information content (AvgIpc) is 3.06. The molecule has 0 saturated carbocycles. The van der Waals surface area contributed by atoms with E-state index in [0.717, 1.165) is 5.56 Å². The van der Waals surface area contributed by atoms with Crippen molar-refractivity contribution in [3.63, 3.8) is 0 Å². The molecule has 1 fully saturated rings. The Morgan fingerprint density at radius 2 is 1.93 bits per heavy atom. The van der Waals surface area contributed by atoms with Gasteiger partial charge in [-0.2, -0.15) is 5.26 Å². The molecule has 2 amide bonds. The predicted molar refractivity (Wildman–Crippen MR) is 101 cm³/mol. The summed E-state index contributed by atoms with van der Waals surface area (Å²) in [6, 6.07) is 15.2. The molecule has 1 aliphatic heterocycles. The van der Waals surface area contributed by atoms with Crippen molar-refractivity contribution in [3.05, 3.63) is 71.0 Å². The lowest BCUT2D eigenvalue weighted by Gasteiger charge is -2.25. The van der Waals surface area contributed by atoms with Crippen molar-refractivity contribution in [2.24, 2.45) is 0 Å². The third-order valence-corrected chi connectivity index (χ3v) is 5.17. The molecule has 0 aromatic heterocycles. The Labute approximate surface area is 161 Å². The molecule has 0 bridgehead atoms. The van der Waals surface area contributed by atoms with E-state index in [0.29, 0.717) is 29.3 Å². The number of hydrogen-bond acceptors (Lipinski definition) is 4. The van der Waals surface area contributed by atoms with Crippen molar-refractivity contribution >= 4 is 23.6 Å². The van der Waals surface area contributed by atoms with Gasteiger partial charge in [0.1, 0.15) is 12.4 Å². The Hall–Kier alpha value is -2.85. The monoisotopic (exact) mass is 383 g/mol. The number of thioether (sulfide) groups is 1. The summed E-state index contributed by atoms with van der Waals surface area (Å²) in [6.45, 7) is 0.569. The second kappa shape index (κ2) is 8.69. The van der Waals surface area contributed by atoms with Crippen LogP contribution in [-0.4, -0.2) is 39.8 Å². The summed E-state index contributed by atoms with van der Waals surface area (Å²) in [5.74, 6) is 0.309. The molecular formula is C20H18FN3O2S. The van der Waals surface area contributed by atoms with Gasteiger partial charge in [-0.25, -0.2) is 4.39 Å². The first-order valence-corrected chi connectivity index (χ1v) is 9.57. The second-order valence-corrected chi connectivity index (χ2v) is 7.21. The van der Waals surface area contributed by atoms with Gasteiger partial charge in [0.2, 0.25) is 11.8 Å². The molecule has 5 nitrogen and oxygen atoms in total. The van der Waals surface area contributed by atoms with Crippen LogP contribution in [0.5, 0.6) is 0 Å². The maximum absolute atomic E-state index is 13.5. The number of amides is 2. The number of carbonyl (C=O) groups excluding carboxylic acids is 2. The molecule has 0 N–H and O–H groups in total. The highest BCUT2D eigenvalue weighted by Crippen LogP contribution is 2.17. The molecular weight excluding hydrogens is 365 g/mol. The first-order valence-electron chi connectivity index (χ1n) is 8.42. The highest BCUT2D eigenvalue weighted by molar-refractivity contribution is 8.00. The van der Waals surface area contributed by atoms with Crippen LogP contribution in [0.4, 0.5) is 4.39 Å². The number of benzene rings is 2. The quantitative estimate of drug-likeness (QED) is 0.769. The maximum Gasteiger partial charge on any atom is 0.242 e. The first-order chi connectivity index (χ1) is 13.0. The predicted octanol–water partition coefficient (Wildman–Crippen LogP) is 2.76. The van der Waals surface area contributed by atoms with E-state index in [4.69, 9.17) is 5.26 Å². The zero-order valence-corrected chi connectivity index (χ0v) is 15.4. The maximum atomic E-state index is 13.5. The van der Waals surface area contributed by atoms with E-state index in [1.54, 1.807) is 41.3 Å². The number of rotatable bonds is 6. The summed E-state index contributed by atoms with van der Waals surface area (Å²) in [6.07, 6.45) is 0. The van der Waals surface area contributed by atoms with Gasteiger partial charge in [0.05, 0.1) is 23.3 Å². The van der Waals surface area contributed by atoms with E-state index in [9.17, 15) is 14.0 Å². The summed E-state index contributed by atoms with van der Waals surface area (Å²) in [5.41, 5.74) is 2.08. The lowest BCUT2D eigenvalue weighted by Crippen LogP contribution is -2.40. The number of nitriles is 1. The fourth-order valence-electron chi connectivity index (χ4n) is 2.80. The van der Waals surface area contributed by atoms with Crippen molar-refractivity contribution in [1.82, 2.24) is 9.80 Å². The summed E-state index contributed by atoms with van der Waals surface area (Å²) in [4.78, 5) is 27.8. The lowest BCUT2D eigenvalue weighted by atomic mass is 10.1. The van der Waals surface area contributed by atoms with E-state index in [1.165, 1.54) is 28.8 Å². The minimum absolute atomic E-state index is 0.0113. The highest BCUT2D eigenvalue weighted by atomic mass is 32.2. The topological polar surface area (TPSA) is 64.4 Å². The number of hydrogen-bond donors (Lipinski definition) is 0. The van der Waals surface area contributed by atoms with Crippen LogP contribution in [0.15, 0.2) is 48.5 Å². The standard InChI is InChI=1S/C20H18FN3O2S/c21-18-3-1-2-17(8-18)11-23(10-16-6-4-15(9-22)5-7-16)19(25)12-24-14-27-13-20(24)26/h1-8H,10-14H2. The molecule has 0 radical (unpaired) electrons. The van der Waals surface area contributed by atoms with Gasteiger partial charge >= 0.3 is 0 Å². The minimum Gasteiger partial charge on any atom is -0.333 e. The molecule has 138 valence electrons. The zero-order chi connectivity index (χ0) is 19.2. The van der Waals surface area contributed by atoms with Crippen molar-refractivity contribution in [2.45, 2.75) is 13.1 Å². The second-order valence-electron chi connectivity index (χ2n) is 6.26. The fraction of sp³-hybridized carbons (Fsp3) is 0.250. The summed E-state index contributed by atoms with van der Waals surface area (Å²) >= 11 is 1.48. The van der Waals surface area contributed by atoms with Crippen LogP contribution in [0.2, 0.25) is 0 Å². The minimum atomic E-state index is -0.357. The number of carbonyl (C=O) groups is 2. The van der Waals surface area contributed by atoms with Gasteiger partial charge in [-0.15, -0.1) is 11.8 Å². The summed E-state index contributed by atoms with van der Waals surface area (Å²) in [5, 5.41) is 8.91. The van der Waals surface area contributed by atoms with Crippen molar-refractivity contribution in [1.29, 1.82) is 5.26 Å². The highest BCUT2D eigenvalue weighted by Gasteiger charge is 2.25. The zero-order valence-electron chi connectivity index (χ0n) is 14.6. The summed E-state index contributed by atoms with van der Waals surface area (Å²) < 4.78 is 13.5. The van der Waals surface area contributed by atoms with Gasteiger partial charge in [0, 0.05) is 13.1 Å².